The normalized spacial score (nSPS) is 24.2. The van der Waals surface area contributed by atoms with Crippen LogP contribution in [0.15, 0.2) is 18.5 Å². The van der Waals surface area contributed by atoms with Gasteiger partial charge in [0.2, 0.25) is 0 Å². The van der Waals surface area contributed by atoms with E-state index in [-0.39, 0.29) is 5.92 Å². The Hall–Kier alpha value is -1.18. The van der Waals surface area contributed by atoms with E-state index in [9.17, 15) is 4.79 Å². The second-order valence-electron chi connectivity index (χ2n) is 5.97. The van der Waals surface area contributed by atoms with Crippen molar-refractivity contribution in [3.05, 3.63) is 29.6 Å². The molecule has 0 radical (unpaired) electrons. The van der Waals surface area contributed by atoms with E-state index in [1.165, 1.54) is 12.8 Å². The third-order valence-corrected chi connectivity index (χ3v) is 4.24. The van der Waals surface area contributed by atoms with Crippen LogP contribution in [-0.4, -0.2) is 10.8 Å². The van der Waals surface area contributed by atoms with Crippen LogP contribution >= 0.6 is 0 Å². The van der Waals surface area contributed by atoms with Crippen LogP contribution in [0.4, 0.5) is 0 Å². The third kappa shape index (κ3) is 2.98. The Kier molecular flexibility index (Phi) is 4.15. The van der Waals surface area contributed by atoms with Crippen molar-refractivity contribution >= 4 is 5.78 Å². The topological polar surface area (TPSA) is 30.0 Å². The molecule has 0 aromatic carbocycles. The Bertz CT molecular complexity index is 417. The third-order valence-electron chi connectivity index (χ3n) is 4.24. The van der Waals surface area contributed by atoms with Crippen molar-refractivity contribution in [2.24, 2.45) is 17.8 Å². The molecule has 18 heavy (non-hydrogen) atoms. The van der Waals surface area contributed by atoms with Gasteiger partial charge < -0.3 is 0 Å². The molecule has 1 aromatic rings. The van der Waals surface area contributed by atoms with E-state index in [2.05, 4.69) is 18.8 Å². The monoisotopic (exact) mass is 245 g/mol. The highest BCUT2D eigenvalue weighted by atomic mass is 16.1. The predicted octanol–water partition coefficient (Wildman–Crippen LogP) is 4.04. The number of hydrogen-bond donors (Lipinski definition) is 0. The van der Waals surface area contributed by atoms with Crippen molar-refractivity contribution < 1.29 is 4.79 Å². The molecule has 0 amide bonds. The number of carbonyl (C=O) groups excluding carboxylic acids is 1. The lowest BCUT2D eigenvalue weighted by Gasteiger charge is -2.30. The van der Waals surface area contributed by atoms with Crippen molar-refractivity contribution in [1.29, 1.82) is 0 Å². The van der Waals surface area contributed by atoms with Crippen LogP contribution in [0, 0.1) is 24.7 Å². The molecule has 1 aliphatic rings. The first-order valence-electron chi connectivity index (χ1n) is 7.03. The molecule has 2 rings (SSSR count). The fourth-order valence-corrected chi connectivity index (χ4v) is 2.97. The zero-order valence-electron chi connectivity index (χ0n) is 11.6. The van der Waals surface area contributed by atoms with Crippen LogP contribution in [0.5, 0.6) is 0 Å². The number of aromatic nitrogens is 1. The highest BCUT2D eigenvalue weighted by Gasteiger charge is 2.28. The van der Waals surface area contributed by atoms with E-state index in [1.807, 2.05) is 13.0 Å². The van der Waals surface area contributed by atoms with Crippen molar-refractivity contribution in [2.75, 3.05) is 0 Å². The molecule has 0 unspecified atom stereocenters. The average Bonchev–Trinajstić information content (AvgIpc) is 2.38. The SMILES string of the molecule is Cc1cncc(C(=O)C2CCC(C(C)C)CC2)c1. The molecule has 1 aromatic heterocycles. The number of pyridine rings is 1. The lowest BCUT2D eigenvalue weighted by atomic mass is 9.75. The van der Waals surface area contributed by atoms with E-state index < -0.39 is 0 Å². The van der Waals surface area contributed by atoms with E-state index in [4.69, 9.17) is 0 Å². The highest BCUT2D eigenvalue weighted by Crippen LogP contribution is 2.34. The zero-order chi connectivity index (χ0) is 13.1. The van der Waals surface area contributed by atoms with Gasteiger partial charge in [0.25, 0.3) is 0 Å². The van der Waals surface area contributed by atoms with Crippen LogP contribution in [-0.2, 0) is 0 Å². The molecule has 98 valence electrons. The van der Waals surface area contributed by atoms with Crippen molar-refractivity contribution in [2.45, 2.75) is 46.5 Å². The Labute approximate surface area is 110 Å². The summed E-state index contributed by atoms with van der Waals surface area (Å²) in [5, 5.41) is 0. The highest BCUT2D eigenvalue weighted by molar-refractivity contribution is 5.97. The summed E-state index contributed by atoms with van der Waals surface area (Å²) >= 11 is 0. The van der Waals surface area contributed by atoms with Crippen molar-refractivity contribution in [3.8, 4) is 0 Å². The van der Waals surface area contributed by atoms with Crippen LogP contribution in [0.1, 0.15) is 55.5 Å². The summed E-state index contributed by atoms with van der Waals surface area (Å²) in [6.45, 7) is 6.56. The number of ketones is 1. The fraction of sp³-hybridized carbons (Fsp3) is 0.625. The molecule has 2 heteroatoms. The van der Waals surface area contributed by atoms with Gasteiger partial charge in [0.1, 0.15) is 0 Å². The summed E-state index contributed by atoms with van der Waals surface area (Å²) in [5.41, 5.74) is 1.86. The smallest absolute Gasteiger partial charge is 0.167 e. The van der Waals surface area contributed by atoms with Gasteiger partial charge in [-0.2, -0.15) is 0 Å². The van der Waals surface area contributed by atoms with E-state index in [0.29, 0.717) is 5.78 Å². The first kappa shape index (κ1) is 13.3. The average molecular weight is 245 g/mol. The van der Waals surface area contributed by atoms with Gasteiger partial charge in [-0.1, -0.05) is 13.8 Å². The minimum absolute atomic E-state index is 0.226. The predicted molar refractivity (Wildman–Crippen MR) is 73.6 cm³/mol. The summed E-state index contributed by atoms with van der Waals surface area (Å²) in [6, 6.07) is 1.96. The Morgan fingerprint density at radius 2 is 1.89 bits per heavy atom. The lowest BCUT2D eigenvalue weighted by Crippen LogP contribution is -2.24. The molecule has 0 atom stereocenters. The van der Waals surface area contributed by atoms with Gasteiger partial charge in [0.15, 0.2) is 5.78 Å². The van der Waals surface area contributed by atoms with E-state index >= 15 is 0 Å². The molecule has 1 aliphatic carbocycles. The molecule has 0 N–H and O–H groups in total. The summed E-state index contributed by atoms with van der Waals surface area (Å²) in [7, 11) is 0. The molecule has 1 heterocycles. The van der Waals surface area contributed by atoms with Crippen LogP contribution in [0.25, 0.3) is 0 Å². The molecular weight excluding hydrogens is 222 g/mol. The number of hydrogen-bond acceptors (Lipinski definition) is 2. The maximum absolute atomic E-state index is 12.4. The second-order valence-corrected chi connectivity index (χ2v) is 5.97. The summed E-state index contributed by atoms with van der Waals surface area (Å²) in [5.74, 6) is 2.09. The zero-order valence-corrected chi connectivity index (χ0v) is 11.6. The molecular formula is C16H23NO. The number of carbonyl (C=O) groups is 1. The largest absolute Gasteiger partial charge is 0.294 e. The van der Waals surface area contributed by atoms with Crippen molar-refractivity contribution in [1.82, 2.24) is 4.98 Å². The first-order valence-corrected chi connectivity index (χ1v) is 7.03. The standard InChI is InChI=1S/C16H23NO/c1-11(2)13-4-6-14(7-5-13)16(18)15-8-12(3)9-17-10-15/h8-11,13-14H,4-7H2,1-3H3. The van der Waals surface area contributed by atoms with Crippen LogP contribution < -0.4 is 0 Å². The molecule has 0 saturated heterocycles. The van der Waals surface area contributed by atoms with Gasteiger partial charge in [-0.3, -0.25) is 9.78 Å². The summed E-state index contributed by atoms with van der Waals surface area (Å²) in [6.07, 6.45) is 8.02. The van der Waals surface area contributed by atoms with Gasteiger partial charge in [0, 0.05) is 23.9 Å². The quantitative estimate of drug-likeness (QED) is 0.752. The first-order chi connectivity index (χ1) is 8.58. The Morgan fingerprint density at radius 1 is 1.22 bits per heavy atom. The molecule has 0 spiro atoms. The summed E-state index contributed by atoms with van der Waals surface area (Å²) in [4.78, 5) is 16.5. The Balaban J connectivity index is 1.99. The van der Waals surface area contributed by atoms with E-state index in [1.54, 1.807) is 12.4 Å². The number of Topliss-reactive ketones (excluding diaryl/α,β-unsaturated/α-hetero) is 1. The van der Waals surface area contributed by atoms with Gasteiger partial charge >= 0.3 is 0 Å². The second kappa shape index (κ2) is 5.64. The molecule has 1 fully saturated rings. The molecule has 0 aliphatic heterocycles. The summed E-state index contributed by atoms with van der Waals surface area (Å²) < 4.78 is 0. The number of aryl methyl sites for hydroxylation is 1. The van der Waals surface area contributed by atoms with Gasteiger partial charge in [-0.25, -0.2) is 0 Å². The maximum Gasteiger partial charge on any atom is 0.167 e. The van der Waals surface area contributed by atoms with Gasteiger partial charge in [-0.15, -0.1) is 0 Å². The molecule has 2 nitrogen and oxygen atoms in total. The minimum atomic E-state index is 0.226. The van der Waals surface area contributed by atoms with Crippen LogP contribution in [0.2, 0.25) is 0 Å². The minimum Gasteiger partial charge on any atom is -0.294 e. The van der Waals surface area contributed by atoms with Gasteiger partial charge in [-0.05, 0) is 56.1 Å². The van der Waals surface area contributed by atoms with Crippen LogP contribution in [0.3, 0.4) is 0 Å². The number of nitrogens with zero attached hydrogens (tertiary/aromatic N) is 1. The number of rotatable bonds is 3. The molecule has 1 saturated carbocycles. The fourth-order valence-electron chi connectivity index (χ4n) is 2.97. The maximum atomic E-state index is 12.4. The Morgan fingerprint density at radius 3 is 2.44 bits per heavy atom. The van der Waals surface area contributed by atoms with E-state index in [0.717, 1.165) is 35.8 Å². The van der Waals surface area contributed by atoms with Crippen molar-refractivity contribution in [3.63, 3.8) is 0 Å². The van der Waals surface area contributed by atoms with Gasteiger partial charge in [0.05, 0.1) is 0 Å². The lowest BCUT2D eigenvalue weighted by molar-refractivity contribution is 0.0858. The molecule has 0 bridgehead atoms.